The third-order valence-corrected chi connectivity index (χ3v) is 6.39. The number of amides is 1. The highest BCUT2D eigenvalue weighted by Gasteiger charge is 2.40. The first kappa shape index (κ1) is 18.5. The van der Waals surface area contributed by atoms with Gasteiger partial charge in [0, 0.05) is 12.0 Å². The maximum atomic E-state index is 12.7. The molecule has 0 aromatic carbocycles. The van der Waals surface area contributed by atoms with E-state index < -0.39 is 12.0 Å². The van der Waals surface area contributed by atoms with Crippen molar-refractivity contribution in [1.29, 1.82) is 0 Å². The molecule has 1 saturated heterocycles. The van der Waals surface area contributed by atoms with Gasteiger partial charge >= 0.3 is 5.97 Å². The normalized spacial score (nSPS) is 25.7. The molecule has 8 heteroatoms. The van der Waals surface area contributed by atoms with Gasteiger partial charge < -0.3 is 9.52 Å². The Labute approximate surface area is 160 Å². The van der Waals surface area contributed by atoms with Gasteiger partial charge in [0.15, 0.2) is 0 Å². The van der Waals surface area contributed by atoms with Crippen molar-refractivity contribution in [3.05, 3.63) is 28.6 Å². The Hall–Kier alpha value is -1.25. The van der Waals surface area contributed by atoms with Crippen LogP contribution in [0.5, 0.6) is 0 Å². The van der Waals surface area contributed by atoms with Gasteiger partial charge in [-0.1, -0.05) is 30.9 Å². The highest BCUT2D eigenvalue weighted by atomic mass is 32.2. The van der Waals surface area contributed by atoms with Gasteiger partial charge in [0.05, 0.1) is 4.91 Å². The lowest BCUT2D eigenvalue weighted by Gasteiger charge is -2.22. The summed E-state index contributed by atoms with van der Waals surface area (Å²) in [4.78, 5) is 25.9. The van der Waals surface area contributed by atoms with E-state index in [2.05, 4.69) is 6.92 Å². The van der Waals surface area contributed by atoms with E-state index in [1.165, 1.54) is 4.90 Å². The maximum absolute atomic E-state index is 12.7. The Morgan fingerprint density at radius 1 is 1.60 bits per heavy atom. The van der Waals surface area contributed by atoms with Crippen LogP contribution in [0.25, 0.3) is 6.08 Å². The molecule has 2 heterocycles. The van der Waals surface area contributed by atoms with E-state index in [4.69, 9.17) is 16.6 Å². The largest absolute Gasteiger partial charge is 0.480 e. The van der Waals surface area contributed by atoms with Crippen molar-refractivity contribution in [2.75, 3.05) is 12.0 Å². The van der Waals surface area contributed by atoms with Crippen molar-refractivity contribution >= 4 is 58.0 Å². The highest BCUT2D eigenvalue weighted by molar-refractivity contribution is 8.26. The van der Waals surface area contributed by atoms with Crippen molar-refractivity contribution in [2.45, 2.75) is 31.7 Å². The third-order valence-electron chi connectivity index (χ3n) is 4.41. The van der Waals surface area contributed by atoms with Gasteiger partial charge in [-0.2, -0.15) is 11.8 Å². The number of hydrogen-bond donors (Lipinski definition) is 1. The number of aliphatic carboxylic acids is 1. The summed E-state index contributed by atoms with van der Waals surface area (Å²) in [6.45, 7) is 2.18. The second kappa shape index (κ2) is 7.55. The first-order valence-corrected chi connectivity index (χ1v) is 10.6. The summed E-state index contributed by atoms with van der Waals surface area (Å²) in [6.07, 6.45) is 5.05. The smallest absolute Gasteiger partial charge is 0.326 e. The maximum Gasteiger partial charge on any atom is 0.326 e. The molecule has 0 unspecified atom stereocenters. The number of hydrogen-bond acceptors (Lipinski definition) is 6. The zero-order valence-corrected chi connectivity index (χ0v) is 16.4. The van der Waals surface area contributed by atoms with Gasteiger partial charge in [0.2, 0.25) is 0 Å². The van der Waals surface area contributed by atoms with Crippen LogP contribution in [0.2, 0.25) is 0 Å². The molecule has 2 fully saturated rings. The molecule has 1 aliphatic heterocycles. The third kappa shape index (κ3) is 3.96. The topological polar surface area (TPSA) is 70.8 Å². The number of carbonyl (C=O) groups excluding carboxylic acids is 1. The summed E-state index contributed by atoms with van der Waals surface area (Å²) in [6, 6.07) is 2.86. The number of rotatable bonds is 7. The van der Waals surface area contributed by atoms with Gasteiger partial charge in [-0.15, -0.1) is 0 Å². The van der Waals surface area contributed by atoms with E-state index in [1.807, 2.05) is 18.4 Å². The predicted molar refractivity (Wildman–Crippen MR) is 105 cm³/mol. The summed E-state index contributed by atoms with van der Waals surface area (Å²) >= 11 is 7.93. The minimum absolute atomic E-state index is 0.285. The van der Waals surface area contributed by atoms with E-state index in [-0.39, 0.29) is 10.2 Å². The lowest BCUT2D eigenvalue weighted by molar-refractivity contribution is -0.145. The van der Waals surface area contributed by atoms with Gasteiger partial charge in [-0.25, -0.2) is 4.79 Å². The standard InChI is InChI=1S/C17H19NO4S3/c1-9-7-11(9)13-4-3-10(22-13)8-14-15(19)18(17(23)25-14)12(16(20)21)5-6-24-2/h3-4,8-9,11-12H,5-7H2,1-2H3,(H,20,21)/b14-8-/t9-,11-,12+/m1/s1. The fraction of sp³-hybridized carbons (Fsp3) is 0.471. The van der Waals surface area contributed by atoms with Crippen LogP contribution in [0.1, 0.15) is 37.2 Å². The minimum Gasteiger partial charge on any atom is -0.480 e. The number of carboxylic acid groups (broad SMARTS) is 1. The van der Waals surface area contributed by atoms with Gasteiger partial charge in [0.1, 0.15) is 21.9 Å². The van der Waals surface area contributed by atoms with E-state index in [0.717, 1.165) is 23.9 Å². The molecule has 5 nitrogen and oxygen atoms in total. The number of carbonyl (C=O) groups is 2. The Morgan fingerprint density at radius 3 is 2.92 bits per heavy atom. The SMILES string of the molecule is CSCC[C@@H](C(=O)O)N1C(=O)/C(=C/c2ccc([C@@H]3C[C@H]3C)o2)SC1=S. The molecule has 0 spiro atoms. The zero-order valence-electron chi connectivity index (χ0n) is 13.9. The van der Waals surface area contributed by atoms with Crippen molar-refractivity contribution in [3.63, 3.8) is 0 Å². The molecule has 3 rings (SSSR count). The number of carboxylic acids is 1. The second-order valence-electron chi connectivity index (χ2n) is 6.25. The summed E-state index contributed by atoms with van der Waals surface area (Å²) in [5.41, 5.74) is 0. The van der Waals surface area contributed by atoms with Crippen LogP contribution in [0, 0.1) is 5.92 Å². The van der Waals surface area contributed by atoms with Crippen LogP contribution in [-0.2, 0) is 9.59 Å². The first-order valence-electron chi connectivity index (χ1n) is 8.01. The molecule has 1 aliphatic carbocycles. The monoisotopic (exact) mass is 397 g/mol. The average molecular weight is 398 g/mol. The molecule has 25 heavy (non-hydrogen) atoms. The Morgan fingerprint density at radius 2 is 2.32 bits per heavy atom. The van der Waals surface area contributed by atoms with Crippen molar-refractivity contribution in [3.8, 4) is 0 Å². The summed E-state index contributed by atoms with van der Waals surface area (Å²) in [5.74, 6) is 1.91. The van der Waals surface area contributed by atoms with Crippen molar-refractivity contribution in [1.82, 2.24) is 4.90 Å². The summed E-state index contributed by atoms with van der Waals surface area (Å²) < 4.78 is 6.09. The van der Waals surface area contributed by atoms with E-state index >= 15 is 0 Å². The highest BCUT2D eigenvalue weighted by Crippen LogP contribution is 2.47. The minimum atomic E-state index is -1.03. The van der Waals surface area contributed by atoms with Gasteiger partial charge in [0.25, 0.3) is 5.91 Å². The fourth-order valence-corrected chi connectivity index (χ4v) is 4.63. The average Bonchev–Trinajstić information content (AvgIpc) is 3.00. The number of nitrogens with zero attached hydrogens (tertiary/aromatic N) is 1. The van der Waals surface area contributed by atoms with Crippen LogP contribution in [0.15, 0.2) is 21.5 Å². The van der Waals surface area contributed by atoms with Crippen LogP contribution in [0.4, 0.5) is 0 Å². The molecule has 1 amide bonds. The second-order valence-corrected chi connectivity index (χ2v) is 8.91. The first-order chi connectivity index (χ1) is 11.9. The Balaban J connectivity index is 1.77. The molecule has 1 aromatic heterocycles. The Kier molecular flexibility index (Phi) is 5.60. The number of thiocarbonyl (C=S) groups is 1. The van der Waals surface area contributed by atoms with Crippen molar-refractivity contribution < 1.29 is 19.1 Å². The molecule has 0 bridgehead atoms. The summed E-state index contributed by atoms with van der Waals surface area (Å²) in [7, 11) is 0. The molecule has 1 N–H and O–H groups in total. The Bertz CT molecular complexity index is 742. The quantitative estimate of drug-likeness (QED) is 0.554. The molecule has 3 atom stereocenters. The van der Waals surface area contributed by atoms with Gasteiger partial charge in [-0.3, -0.25) is 9.69 Å². The fourth-order valence-electron chi connectivity index (χ4n) is 2.83. The predicted octanol–water partition coefficient (Wildman–Crippen LogP) is 3.81. The lowest BCUT2D eigenvalue weighted by Crippen LogP contribution is -2.44. The molecule has 134 valence electrons. The number of furan rings is 1. The molecular formula is C17H19NO4S3. The van der Waals surface area contributed by atoms with E-state index in [0.29, 0.717) is 34.7 Å². The van der Waals surface area contributed by atoms with Crippen LogP contribution < -0.4 is 0 Å². The van der Waals surface area contributed by atoms with Crippen molar-refractivity contribution in [2.24, 2.45) is 5.92 Å². The van der Waals surface area contributed by atoms with Crippen LogP contribution in [-0.4, -0.2) is 44.3 Å². The van der Waals surface area contributed by atoms with Crippen LogP contribution in [0.3, 0.4) is 0 Å². The molecule has 1 saturated carbocycles. The molecule has 1 aromatic rings. The zero-order chi connectivity index (χ0) is 18.1. The number of thioether (sulfide) groups is 2. The molecule has 0 radical (unpaired) electrons. The molecular weight excluding hydrogens is 378 g/mol. The van der Waals surface area contributed by atoms with E-state index in [9.17, 15) is 14.7 Å². The van der Waals surface area contributed by atoms with Crippen LogP contribution >= 0.6 is 35.7 Å². The van der Waals surface area contributed by atoms with Gasteiger partial charge in [-0.05, 0) is 42.9 Å². The summed E-state index contributed by atoms with van der Waals surface area (Å²) in [5, 5.41) is 9.46. The van der Waals surface area contributed by atoms with E-state index in [1.54, 1.807) is 17.8 Å². The lowest BCUT2D eigenvalue weighted by atomic mass is 10.2. The molecule has 2 aliphatic rings.